The fourth-order valence-electron chi connectivity index (χ4n) is 2.87. The quantitative estimate of drug-likeness (QED) is 0.582. The molecule has 0 saturated carbocycles. The zero-order valence-corrected chi connectivity index (χ0v) is 13.9. The lowest BCUT2D eigenvalue weighted by molar-refractivity contribution is -0.116. The maximum Gasteiger partial charge on any atom is 0.225 e. The highest BCUT2D eigenvalue weighted by Crippen LogP contribution is 2.31. The third kappa shape index (κ3) is 3.73. The molecule has 1 aliphatic rings. The number of benzene rings is 1. The van der Waals surface area contributed by atoms with Crippen molar-refractivity contribution in [1.82, 2.24) is 20.4 Å². The Balaban J connectivity index is 1.59. The molecule has 1 aromatic heterocycles. The topological polar surface area (TPSA) is 83.3 Å². The van der Waals surface area contributed by atoms with Crippen LogP contribution in [0.1, 0.15) is 23.5 Å². The fraction of sp³-hybridized carbons (Fsp3) is 0.353. The van der Waals surface area contributed by atoms with Gasteiger partial charge in [0.25, 0.3) is 0 Å². The van der Waals surface area contributed by atoms with Crippen molar-refractivity contribution in [2.75, 3.05) is 18.9 Å². The molecule has 7 heteroatoms. The number of carbonyl (C=O) groups is 1. The number of carbonyl (C=O) groups excluding carboxylic acids is 1. The van der Waals surface area contributed by atoms with Gasteiger partial charge in [-0.15, -0.1) is 0 Å². The Bertz CT molecular complexity index is 751. The van der Waals surface area contributed by atoms with Crippen molar-refractivity contribution in [3.05, 3.63) is 47.8 Å². The Hall–Kier alpha value is -2.83. The molecule has 1 amide bonds. The average molecular weight is 326 g/mol. The third-order valence-corrected chi connectivity index (χ3v) is 4.06. The molecule has 0 aliphatic carbocycles. The number of nitrogens with zero attached hydrogens (tertiary/aromatic N) is 3. The van der Waals surface area contributed by atoms with Crippen LogP contribution in [0.15, 0.2) is 41.7 Å². The standard InChI is InChI=1S/C17H22N6O/c1-18-17(19-8-12-9-21-23(2)11-12)20-10-13-7-16(24)22-15-6-4-3-5-14(13)15/h3-6,9,11,13H,7-8,10H2,1-2H3,(H,22,24)(H2,18,19,20). The number of rotatable bonds is 4. The van der Waals surface area contributed by atoms with Crippen LogP contribution in [0.5, 0.6) is 0 Å². The van der Waals surface area contributed by atoms with E-state index in [0.717, 1.165) is 16.8 Å². The summed E-state index contributed by atoms with van der Waals surface area (Å²) < 4.78 is 1.77. The Morgan fingerprint density at radius 2 is 2.25 bits per heavy atom. The molecule has 24 heavy (non-hydrogen) atoms. The van der Waals surface area contributed by atoms with E-state index >= 15 is 0 Å². The number of hydrogen-bond donors (Lipinski definition) is 3. The van der Waals surface area contributed by atoms with Crippen LogP contribution < -0.4 is 16.0 Å². The van der Waals surface area contributed by atoms with E-state index in [0.29, 0.717) is 25.5 Å². The number of aromatic nitrogens is 2. The molecule has 1 aliphatic heterocycles. The van der Waals surface area contributed by atoms with Crippen LogP contribution in [-0.4, -0.2) is 35.2 Å². The minimum absolute atomic E-state index is 0.0545. The first kappa shape index (κ1) is 16.0. The van der Waals surface area contributed by atoms with Gasteiger partial charge >= 0.3 is 0 Å². The summed E-state index contributed by atoms with van der Waals surface area (Å²) in [6, 6.07) is 7.93. The minimum Gasteiger partial charge on any atom is -0.356 e. The normalized spacial score (nSPS) is 17.2. The molecule has 126 valence electrons. The van der Waals surface area contributed by atoms with E-state index in [1.807, 2.05) is 37.6 Å². The number of para-hydroxylation sites is 1. The van der Waals surface area contributed by atoms with Crippen LogP contribution in [-0.2, 0) is 18.4 Å². The summed E-state index contributed by atoms with van der Waals surface area (Å²) in [6.07, 6.45) is 4.26. The zero-order chi connectivity index (χ0) is 16.9. The molecule has 0 radical (unpaired) electrons. The molecule has 2 heterocycles. The summed E-state index contributed by atoms with van der Waals surface area (Å²) in [5.41, 5.74) is 3.15. The van der Waals surface area contributed by atoms with Crippen molar-refractivity contribution in [2.45, 2.75) is 18.9 Å². The van der Waals surface area contributed by atoms with Crippen LogP contribution in [0.4, 0.5) is 5.69 Å². The highest BCUT2D eigenvalue weighted by atomic mass is 16.1. The van der Waals surface area contributed by atoms with Crippen molar-refractivity contribution in [3.63, 3.8) is 0 Å². The van der Waals surface area contributed by atoms with Crippen molar-refractivity contribution in [1.29, 1.82) is 0 Å². The average Bonchev–Trinajstić information content (AvgIpc) is 3.00. The smallest absolute Gasteiger partial charge is 0.225 e. The largest absolute Gasteiger partial charge is 0.356 e. The van der Waals surface area contributed by atoms with Crippen LogP contribution in [0.25, 0.3) is 0 Å². The first-order valence-corrected chi connectivity index (χ1v) is 7.96. The van der Waals surface area contributed by atoms with Gasteiger partial charge in [0.05, 0.1) is 6.20 Å². The fourth-order valence-corrected chi connectivity index (χ4v) is 2.87. The molecule has 1 atom stereocenters. The van der Waals surface area contributed by atoms with Crippen LogP contribution in [0.2, 0.25) is 0 Å². The molecule has 1 aromatic carbocycles. The second-order valence-corrected chi connectivity index (χ2v) is 5.87. The van der Waals surface area contributed by atoms with E-state index in [1.54, 1.807) is 11.7 Å². The highest BCUT2D eigenvalue weighted by molar-refractivity contribution is 5.94. The maximum absolute atomic E-state index is 11.9. The summed E-state index contributed by atoms with van der Waals surface area (Å²) >= 11 is 0. The lowest BCUT2D eigenvalue weighted by Crippen LogP contribution is -2.40. The van der Waals surface area contributed by atoms with Gasteiger partial charge in [-0.2, -0.15) is 5.10 Å². The molecular weight excluding hydrogens is 304 g/mol. The predicted molar refractivity (Wildman–Crippen MR) is 93.8 cm³/mol. The van der Waals surface area contributed by atoms with Crippen LogP contribution >= 0.6 is 0 Å². The predicted octanol–water partition coefficient (Wildman–Crippen LogP) is 1.21. The molecule has 7 nitrogen and oxygen atoms in total. The Labute approximate surface area is 141 Å². The zero-order valence-electron chi connectivity index (χ0n) is 13.9. The number of anilines is 1. The second-order valence-electron chi connectivity index (χ2n) is 5.87. The van der Waals surface area contributed by atoms with Gasteiger partial charge in [-0.1, -0.05) is 18.2 Å². The second kappa shape index (κ2) is 7.16. The molecule has 3 N–H and O–H groups in total. The molecule has 0 spiro atoms. The van der Waals surface area contributed by atoms with Gasteiger partial charge in [0.1, 0.15) is 0 Å². The van der Waals surface area contributed by atoms with Crippen molar-refractivity contribution < 1.29 is 4.79 Å². The summed E-state index contributed by atoms with van der Waals surface area (Å²) in [7, 11) is 3.63. The number of aryl methyl sites for hydroxylation is 1. The van der Waals surface area contributed by atoms with Crippen molar-refractivity contribution in [2.24, 2.45) is 12.0 Å². The van der Waals surface area contributed by atoms with Crippen LogP contribution in [0, 0.1) is 0 Å². The van der Waals surface area contributed by atoms with Gasteiger partial charge in [0.15, 0.2) is 5.96 Å². The molecule has 2 aromatic rings. The molecule has 3 rings (SSSR count). The third-order valence-electron chi connectivity index (χ3n) is 4.06. The first-order chi connectivity index (χ1) is 11.7. The molecule has 0 bridgehead atoms. The number of guanidine groups is 1. The van der Waals surface area contributed by atoms with E-state index in [2.05, 4.69) is 32.1 Å². The van der Waals surface area contributed by atoms with Gasteiger partial charge in [-0.25, -0.2) is 0 Å². The lowest BCUT2D eigenvalue weighted by Gasteiger charge is -2.26. The monoisotopic (exact) mass is 326 g/mol. The van der Waals surface area contributed by atoms with Gasteiger partial charge in [-0.05, 0) is 11.6 Å². The Morgan fingerprint density at radius 3 is 3.00 bits per heavy atom. The Kier molecular flexibility index (Phi) is 4.79. The van der Waals surface area contributed by atoms with E-state index in [4.69, 9.17) is 0 Å². The van der Waals surface area contributed by atoms with Gasteiger partial charge in [0.2, 0.25) is 5.91 Å². The SMILES string of the molecule is CN=C(NCc1cnn(C)c1)NCC1CC(=O)Nc2ccccc21. The molecular formula is C17H22N6O. The minimum atomic E-state index is 0.0545. The Morgan fingerprint density at radius 1 is 1.42 bits per heavy atom. The van der Waals surface area contributed by atoms with E-state index in [1.165, 1.54) is 0 Å². The number of hydrogen-bond acceptors (Lipinski definition) is 3. The number of nitrogens with one attached hydrogen (secondary N) is 3. The van der Waals surface area contributed by atoms with Gasteiger partial charge < -0.3 is 16.0 Å². The summed E-state index contributed by atoms with van der Waals surface area (Å²) in [5, 5.41) is 13.6. The molecule has 0 fully saturated rings. The summed E-state index contributed by atoms with van der Waals surface area (Å²) in [4.78, 5) is 16.1. The van der Waals surface area contributed by atoms with Crippen molar-refractivity contribution >= 4 is 17.6 Å². The van der Waals surface area contributed by atoms with E-state index in [9.17, 15) is 4.79 Å². The molecule has 0 saturated heterocycles. The van der Waals surface area contributed by atoms with Gasteiger partial charge in [-0.3, -0.25) is 14.5 Å². The number of amides is 1. The number of fused-ring (bicyclic) bond motifs is 1. The van der Waals surface area contributed by atoms with Crippen LogP contribution in [0.3, 0.4) is 0 Å². The lowest BCUT2D eigenvalue weighted by atomic mass is 9.90. The van der Waals surface area contributed by atoms with Gasteiger partial charge in [0, 0.05) is 57.0 Å². The summed E-state index contributed by atoms with van der Waals surface area (Å²) in [5.74, 6) is 0.896. The summed E-state index contributed by atoms with van der Waals surface area (Å²) in [6.45, 7) is 1.30. The van der Waals surface area contributed by atoms with Crippen molar-refractivity contribution in [3.8, 4) is 0 Å². The highest BCUT2D eigenvalue weighted by Gasteiger charge is 2.24. The van der Waals surface area contributed by atoms with E-state index < -0.39 is 0 Å². The number of aliphatic imine (C=N–C) groups is 1. The maximum atomic E-state index is 11.9. The van der Waals surface area contributed by atoms with E-state index in [-0.39, 0.29) is 11.8 Å². The first-order valence-electron chi connectivity index (χ1n) is 7.96. The molecule has 1 unspecified atom stereocenters.